The Morgan fingerprint density at radius 1 is 0.463 bits per heavy atom. The van der Waals surface area contributed by atoms with E-state index < -0.39 is 75.4 Å². The van der Waals surface area contributed by atoms with Crippen LogP contribution in [0.2, 0.25) is 0 Å². The minimum absolute atomic E-state index is 0.246. The van der Waals surface area contributed by atoms with Crippen LogP contribution in [-0.4, -0.2) is 59.5 Å². The van der Waals surface area contributed by atoms with E-state index >= 15 is 0 Å². The molecule has 0 aromatic heterocycles. The van der Waals surface area contributed by atoms with Crippen LogP contribution in [-0.2, 0) is 0 Å². The number of hydrogen-bond acceptors (Lipinski definition) is 0. The first kappa shape index (κ1) is 38.0. The molecule has 0 saturated heterocycles. The first-order valence-electron chi connectivity index (χ1n) is 10.6. The topological polar surface area (TPSA) is 0 Å². The molecule has 22 heteroatoms. The van der Waals surface area contributed by atoms with Gasteiger partial charge in [0.15, 0.2) is 0 Å². The fourth-order valence-corrected chi connectivity index (χ4v) is 4.52. The van der Waals surface area contributed by atoms with Crippen molar-refractivity contribution in [1.82, 2.24) is 0 Å². The van der Waals surface area contributed by atoms with Gasteiger partial charge >= 0.3 is 59.5 Å². The molecule has 0 nitrogen and oxygen atoms in total. The maximum atomic E-state index is 14.1. The fourth-order valence-electron chi connectivity index (χ4n) is 3.53. The monoisotopic (exact) mass is 768 g/mol. The quantitative estimate of drug-likeness (QED) is 0.145. The third-order valence-corrected chi connectivity index (χ3v) is 6.77. The molecule has 1 aliphatic carbocycles. The van der Waals surface area contributed by atoms with Crippen LogP contribution < -0.4 is 0 Å². The second kappa shape index (κ2) is 10.9. The lowest BCUT2D eigenvalue weighted by Gasteiger charge is -2.44. The molecule has 0 N–H and O–H groups in total. The van der Waals surface area contributed by atoms with Gasteiger partial charge in [-0.25, -0.2) is 0 Å². The van der Waals surface area contributed by atoms with Crippen LogP contribution in [0, 0.1) is 5.92 Å². The number of rotatable bonds is 11. The molecule has 1 saturated carbocycles. The van der Waals surface area contributed by atoms with E-state index in [-0.39, 0.29) is 12.8 Å². The van der Waals surface area contributed by atoms with Crippen molar-refractivity contribution >= 4 is 22.6 Å². The first-order valence-corrected chi connectivity index (χ1v) is 11.6. The molecule has 1 fully saturated rings. The van der Waals surface area contributed by atoms with E-state index in [1.165, 1.54) is 0 Å². The summed E-state index contributed by atoms with van der Waals surface area (Å²) in [5.74, 6) is -77.2. The number of allylic oxidation sites excluding steroid dienone is 2. The Morgan fingerprint density at radius 3 is 1.07 bits per heavy atom. The van der Waals surface area contributed by atoms with Crippen LogP contribution in [0.5, 0.6) is 0 Å². The summed E-state index contributed by atoms with van der Waals surface area (Å²) in [7, 11) is 0. The summed E-state index contributed by atoms with van der Waals surface area (Å²) < 4.78 is 281. The Morgan fingerprint density at radius 2 is 0.756 bits per heavy atom. The lowest BCUT2D eigenvalue weighted by Crippen LogP contribution is -2.76. The van der Waals surface area contributed by atoms with Gasteiger partial charge in [0.05, 0.1) is 0 Å². The molecule has 1 aliphatic rings. The number of halogens is 22. The molecule has 0 bridgehead atoms. The first-order chi connectivity index (χ1) is 17.7. The van der Waals surface area contributed by atoms with Crippen LogP contribution in [0.15, 0.2) is 9.66 Å². The van der Waals surface area contributed by atoms with Gasteiger partial charge in [0.1, 0.15) is 0 Å². The highest BCUT2D eigenvalue weighted by Crippen LogP contribution is 2.66. The third kappa shape index (κ3) is 5.67. The van der Waals surface area contributed by atoms with Gasteiger partial charge in [0, 0.05) is 6.42 Å². The standard InChI is InChI=1S/C19H14F21I/c20-10(21,7-9(41)6-8-4-2-1-3-5-8)11(22,23)12(24,25)13(26,27)14(28,29)15(30,31)16(32,33)17(34,35)18(36,37)19(38,39)40/h6,8H,1-5,7H2/b9-6-. The molecule has 0 unspecified atom stereocenters. The van der Waals surface area contributed by atoms with E-state index in [2.05, 4.69) is 0 Å². The molecule has 0 atom stereocenters. The van der Waals surface area contributed by atoms with Crippen molar-refractivity contribution in [3.8, 4) is 0 Å². The SMILES string of the molecule is FC(F)(F)C(F)(F)C(F)(F)C(F)(F)C(F)(F)C(F)(F)C(F)(F)C(F)(F)C(F)(F)C(F)(F)C/C(I)=C/C1CCCCC1. The second-order valence-electron chi connectivity index (χ2n) is 8.99. The van der Waals surface area contributed by atoms with Crippen molar-refractivity contribution in [2.45, 2.75) is 98.0 Å². The Hall–Kier alpha value is -1.00. The maximum Gasteiger partial charge on any atom is 0.460 e. The molecular formula is C19H14F21I. The molecule has 0 heterocycles. The largest absolute Gasteiger partial charge is 0.460 e. The summed E-state index contributed by atoms with van der Waals surface area (Å²) in [5.41, 5.74) is 0. The van der Waals surface area contributed by atoms with Crippen LogP contribution in [0.1, 0.15) is 38.5 Å². The molecule has 0 aliphatic heterocycles. The van der Waals surface area contributed by atoms with Crippen molar-refractivity contribution in [2.24, 2.45) is 5.92 Å². The Kier molecular flexibility index (Phi) is 10.1. The van der Waals surface area contributed by atoms with Crippen molar-refractivity contribution in [3.63, 3.8) is 0 Å². The van der Waals surface area contributed by atoms with Gasteiger partial charge in [-0.05, 0) is 44.9 Å². The van der Waals surface area contributed by atoms with Crippen LogP contribution in [0.3, 0.4) is 0 Å². The Labute approximate surface area is 228 Å². The zero-order valence-electron chi connectivity index (χ0n) is 19.2. The van der Waals surface area contributed by atoms with E-state index in [0.717, 1.165) is 28.7 Å². The fraction of sp³-hybridized carbons (Fsp3) is 0.895. The lowest BCUT2D eigenvalue weighted by molar-refractivity contribution is -0.474. The molecule has 0 aromatic rings. The van der Waals surface area contributed by atoms with Gasteiger partial charge in [-0.15, -0.1) is 0 Å². The summed E-state index contributed by atoms with van der Waals surface area (Å²) >= 11 is 0.822. The molecule has 244 valence electrons. The molecular weight excluding hydrogens is 754 g/mol. The smallest absolute Gasteiger partial charge is 0.199 e. The number of alkyl halides is 21. The van der Waals surface area contributed by atoms with Crippen molar-refractivity contribution in [2.75, 3.05) is 0 Å². The Bertz CT molecular complexity index is 954. The minimum Gasteiger partial charge on any atom is -0.199 e. The lowest BCUT2D eigenvalue weighted by atomic mass is 9.85. The summed E-state index contributed by atoms with van der Waals surface area (Å²) in [6.07, 6.45) is -7.77. The van der Waals surface area contributed by atoms with Crippen molar-refractivity contribution in [3.05, 3.63) is 9.66 Å². The van der Waals surface area contributed by atoms with Crippen LogP contribution in [0.4, 0.5) is 92.2 Å². The summed E-state index contributed by atoms with van der Waals surface area (Å²) in [4.78, 5) is 0. The van der Waals surface area contributed by atoms with Crippen molar-refractivity contribution in [1.29, 1.82) is 0 Å². The van der Waals surface area contributed by atoms with Gasteiger partial charge in [-0.2, -0.15) is 92.2 Å². The van der Waals surface area contributed by atoms with Gasteiger partial charge in [-0.3, -0.25) is 0 Å². The van der Waals surface area contributed by atoms with Gasteiger partial charge in [0.2, 0.25) is 0 Å². The van der Waals surface area contributed by atoms with Gasteiger partial charge in [-0.1, -0.05) is 25.3 Å². The van der Waals surface area contributed by atoms with Gasteiger partial charge in [0.25, 0.3) is 0 Å². The van der Waals surface area contributed by atoms with E-state index in [0.29, 0.717) is 19.3 Å². The minimum atomic E-state index is -9.15. The van der Waals surface area contributed by atoms with E-state index in [4.69, 9.17) is 0 Å². The second-order valence-corrected chi connectivity index (χ2v) is 10.4. The van der Waals surface area contributed by atoms with Crippen molar-refractivity contribution < 1.29 is 92.2 Å². The number of hydrogen-bond donors (Lipinski definition) is 0. The predicted molar refractivity (Wildman–Crippen MR) is 104 cm³/mol. The van der Waals surface area contributed by atoms with E-state index in [1.807, 2.05) is 0 Å². The molecule has 0 spiro atoms. The third-order valence-electron chi connectivity index (χ3n) is 6.03. The zero-order chi connectivity index (χ0) is 33.1. The molecule has 41 heavy (non-hydrogen) atoms. The predicted octanol–water partition coefficient (Wildman–Crippen LogP) is 10.6. The highest BCUT2D eigenvalue weighted by molar-refractivity contribution is 14.1. The van der Waals surface area contributed by atoms with Gasteiger partial charge < -0.3 is 0 Å². The zero-order valence-corrected chi connectivity index (χ0v) is 21.4. The van der Waals surface area contributed by atoms with E-state index in [9.17, 15) is 92.2 Å². The molecule has 0 radical (unpaired) electrons. The average molecular weight is 768 g/mol. The molecule has 0 aromatic carbocycles. The molecule has 1 rings (SSSR count). The summed E-state index contributed by atoms with van der Waals surface area (Å²) in [6, 6.07) is 0. The maximum absolute atomic E-state index is 14.1. The summed E-state index contributed by atoms with van der Waals surface area (Å²) in [6.45, 7) is 0. The normalized spacial score (nSPS) is 19.1. The highest BCUT2D eigenvalue weighted by Gasteiger charge is 2.97. The highest BCUT2D eigenvalue weighted by atomic mass is 127. The van der Waals surface area contributed by atoms with Crippen LogP contribution >= 0.6 is 22.6 Å². The molecule has 0 amide bonds. The average Bonchev–Trinajstić information content (AvgIpc) is 2.77. The summed E-state index contributed by atoms with van der Waals surface area (Å²) in [5, 5.41) is 0. The van der Waals surface area contributed by atoms with Crippen LogP contribution in [0.25, 0.3) is 0 Å². The van der Waals surface area contributed by atoms with E-state index in [1.54, 1.807) is 0 Å². The Balaban J connectivity index is 3.61.